The van der Waals surface area contributed by atoms with Crippen LogP contribution in [0.5, 0.6) is 0 Å². The lowest BCUT2D eigenvalue weighted by molar-refractivity contribution is 0.288. The molecule has 0 rings (SSSR count). The number of unbranched alkanes of at least 4 members (excludes halogenated alkanes) is 6. The second kappa shape index (κ2) is 16.4. The summed E-state index contributed by atoms with van der Waals surface area (Å²) in [6, 6.07) is 0. The summed E-state index contributed by atoms with van der Waals surface area (Å²) in [4.78, 5) is 0. The van der Waals surface area contributed by atoms with Crippen LogP contribution < -0.4 is 0 Å². The molecular weight excluding hydrogens is 252 g/mol. The third-order valence-electron chi connectivity index (χ3n) is 5.01. The van der Waals surface area contributed by atoms with Crippen LogP contribution in [-0.2, 0) is 0 Å². The second-order valence-corrected chi connectivity index (χ2v) is 7.24. The van der Waals surface area contributed by atoms with E-state index in [2.05, 4.69) is 27.7 Å². The number of rotatable bonds is 16. The fourth-order valence-electron chi connectivity index (χ4n) is 3.69. The molecule has 1 atom stereocenters. The van der Waals surface area contributed by atoms with Gasteiger partial charge in [0.25, 0.3) is 0 Å². The van der Waals surface area contributed by atoms with Crippen LogP contribution in [0.15, 0.2) is 0 Å². The average Bonchev–Trinajstić information content (AvgIpc) is 2.48. The first-order chi connectivity index (χ1) is 10.3. The molecule has 0 N–H and O–H groups in total. The molecule has 0 nitrogen and oxygen atoms in total. The molecule has 21 heavy (non-hydrogen) atoms. The van der Waals surface area contributed by atoms with Crippen molar-refractivity contribution in [1.82, 2.24) is 0 Å². The molecule has 0 heteroatoms. The largest absolute Gasteiger partial charge is 0.0654 e. The minimum atomic E-state index is 1.02. The molecule has 0 aromatic rings. The zero-order valence-electron chi connectivity index (χ0n) is 15.8. The van der Waals surface area contributed by atoms with Crippen LogP contribution in [0, 0.1) is 11.8 Å². The molecule has 0 radical (unpaired) electrons. The molecule has 0 saturated carbocycles. The van der Waals surface area contributed by atoms with Gasteiger partial charge in [0.05, 0.1) is 0 Å². The van der Waals surface area contributed by atoms with E-state index in [9.17, 15) is 0 Å². The lowest BCUT2D eigenvalue weighted by Crippen LogP contribution is -2.10. The highest BCUT2D eigenvalue weighted by Gasteiger charge is 2.15. The molecule has 0 fully saturated rings. The molecular formula is C21H44. The van der Waals surface area contributed by atoms with Gasteiger partial charge in [0, 0.05) is 0 Å². The Morgan fingerprint density at radius 3 is 1.14 bits per heavy atom. The van der Waals surface area contributed by atoms with Gasteiger partial charge >= 0.3 is 0 Å². The number of hydrogen-bond acceptors (Lipinski definition) is 0. The highest BCUT2D eigenvalue weighted by molar-refractivity contribution is 4.68. The van der Waals surface area contributed by atoms with Gasteiger partial charge in [-0.1, -0.05) is 118 Å². The highest BCUT2D eigenvalue weighted by Crippen LogP contribution is 2.29. The van der Waals surface area contributed by atoms with E-state index in [-0.39, 0.29) is 0 Å². The quantitative estimate of drug-likeness (QED) is 0.252. The van der Waals surface area contributed by atoms with E-state index in [1.165, 1.54) is 96.3 Å². The molecule has 0 aliphatic carbocycles. The van der Waals surface area contributed by atoms with Crippen molar-refractivity contribution in [1.29, 1.82) is 0 Å². The maximum absolute atomic E-state index is 2.37. The lowest BCUT2D eigenvalue weighted by atomic mass is 9.82. The monoisotopic (exact) mass is 296 g/mol. The molecule has 0 saturated heterocycles. The van der Waals surface area contributed by atoms with Crippen molar-refractivity contribution in [3.63, 3.8) is 0 Å². The lowest BCUT2D eigenvalue weighted by Gasteiger charge is -2.24. The Kier molecular flexibility index (Phi) is 16.4. The van der Waals surface area contributed by atoms with Crippen molar-refractivity contribution in [3.8, 4) is 0 Å². The molecule has 0 heterocycles. The van der Waals surface area contributed by atoms with Crippen molar-refractivity contribution < 1.29 is 0 Å². The normalized spacial score (nSPS) is 13.0. The van der Waals surface area contributed by atoms with Gasteiger partial charge in [0.1, 0.15) is 0 Å². The SMILES string of the molecule is CCCCCC(CCC)CC(CCCCC)CCCCC. The Bertz CT molecular complexity index is 174. The summed E-state index contributed by atoms with van der Waals surface area (Å²) in [6.07, 6.45) is 21.8. The number of hydrogen-bond donors (Lipinski definition) is 0. The summed E-state index contributed by atoms with van der Waals surface area (Å²) in [7, 11) is 0. The maximum Gasteiger partial charge on any atom is -0.0412 e. The molecule has 0 spiro atoms. The minimum Gasteiger partial charge on any atom is -0.0654 e. The van der Waals surface area contributed by atoms with Crippen molar-refractivity contribution in [2.75, 3.05) is 0 Å². The van der Waals surface area contributed by atoms with E-state index < -0.39 is 0 Å². The summed E-state index contributed by atoms with van der Waals surface area (Å²) in [5.74, 6) is 2.05. The van der Waals surface area contributed by atoms with Gasteiger partial charge in [-0.15, -0.1) is 0 Å². The van der Waals surface area contributed by atoms with Crippen LogP contribution in [-0.4, -0.2) is 0 Å². The summed E-state index contributed by atoms with van der Waals surface area (Å²) < 4.78 is 0. The standard InChI is InChI=1S/C21H44/c1-5-9-12-16-20(15-8-4)19-21(17-13-10-6-2)18-14-11-7-3/h20-21H,5-19H2,1-4H3. The van der Waals surface area contributed by atoms with Crippen molar-refractivity contribution in [2.24, 2.45) is 11.8 Å². The Morgan fingerprint density at radius 2 is 0.810 bits per heavy atom. The second-order valence-electron chi connectivity index (χ2n) is 7.24. The molecule has 0 bridgehead atoms. The first-order valence-corrected chi connectivity index (χ1v) is 10.3. The van der Waals surface area contributed by atoms with Crippen LogP contribution in [0.25, 0.3) is 0 Å². The molecule has 0 aliphatic heterocycles. The fourth-order valence-corrected chi connectivity index (χ4v) is 3.69. The Balaban J connectivity index is 4.18. The summed E-state index contributed by atoms with van der Waals surface area (Å²) in [5, 5.41) is 0. The Labute approximate surface area is 136 Å². The van der Waals surface area contributed by atoms with Gasteiger partial charge in [-0.2, -0.15) is 0 Å². The van der Waals surface area contributed by atoms with E-state index in [1.807, 2.05) is 0 Å². The van der Waals surface area contributed by atoms with E-state index in [0.29, 0.717) is 0 Å². The Morgan fingerprint density at radius 1 is 0.429 bits per heavy atom. The van der Waals surface area contributed by atoms with E-state index in [0.717, 1.165) is 11.8 Å². The predicted octanol–water partition coefficient (Wildman–Crippen LogP) is 8.15. The molecule has 0 aliphatic rings. The molecule has 0 aromatic carbocycles. The molecule has 0 aromatic heterocycles. The third-order valence-corrected chi connectivity index (χ3v) is 5.01. The van der Waals surface area contributed by atoms with Gasteiger partial charge in [-0.05, 0) is 18.3 Å². The van der Waals surface area contributed by atoms with Crippen LogP contribution >= 0.6 is 0 Å². The van der Waals surface area contributed by atoms with Crippen molar-refractivity contribution >= 4 is 0 Å². The zero-order chi connectivity index (χ0) is 15.8. The third kappa shape index (κ3) is 13.4. The van der Waals surface area contributed by atoms with E-state index in [1.54, 1.807) is 0 Å². The van der Waals surface area contributed by atoms with Crippen molar-refractivity contribution in [2.45, 2.75) is 124 Å². The van der Waals surface area contributed by atoms with Crippen LogP contribution in [0.4, 0.5) is 0 Å². The zero-order valence-corrected chi connectivity index (χ0v) is 15.8. The molecule has 0 amide bonds. The minimum absolute atomic E-state index is 1.02. The van der Waals surface area contributed by atoms with Crippen LogP contribution in [0.1, 0.15) is 124 Å². The Hall–Kier alpha value is 0. The van der Waals surface area contributed by atoms with Gasteiger partial charge < -0.3 is 0 Å². The summed E-state index contributed by atoms with van der Waals surface area (Å²) >= 11 is 0. The first kappa shape index (κ1) is 21.0. The smallest absolute Gasteiger partial charge is 0.0412 e. The van der Waals surface area contributed by atoms with Gasteiger partial charge in [-0.3, -0.25) is 0 Å². The van der Waals surface area contributed by atoms with Crippen LogP contribution in [0.3, 0.4) is 0 Å². The van der Waals surface area contributed by atoms with E-state index >= 15 is 0 Å². The van der Waals surface area contributed by atoms with Crippen molar-refractivity contribution in [3.05, 3.63) is 0 Å². The van der Waals surface area contributed by atoms with Gasteiger partial charge in [-0.25, -0.2) is 0 Å². The summed E-state index contributed by atoms with van der Waals surface area (Å²) in [6.45, 7) is 9.36. The first-order valence-electron chi connectivity index (χ1n) is 10.3. The summed E-state index contributed by atoms with van der Waals surface area (Å²) in [5.41, 5.74) is 0. The highest BCUT2D eigenvalue weighted by atomic mass is 14.2. The van der Waals surface area contributed by atoms with Crippen LogP contribution in [0.2, 0.25) is 0 Å². The predicted molar refractivity (Wildman–Crippen MR) is 98.9 cm³/mol. The molecule has 1 unspecified atom stereocenters. The fraction of sp³-hybridized carbons (Fsp3) is 1.00. The maximum atomic E-state index is 2.37. The average molecular weight is 297 g/mol. The van der Waals surface area contributed by atoms with Gasteiger partial charge in [0.2, 0.25) is 0 Å². The van der Waals surface area contributed by atoms with E-state index in [4.69, 9.17) is 0 Å². The topological polar surface area (TPSA) is 0 Å². The molecule has 128 valence electrons. The van der Waals surface area contributed by atoms with Gasteiger partial charge in [0.15, 0.2) is 0 Å².